The summed E-state index contributed by atoms with van der Waals surface area (Å²) in [6.07, 6.45) is 0. The fraction of sp³-hybridized carbons (Fsp3) is 0. The Hall–Kier alpha value is -9.94. The van der Waals surface area contributed by atoms with Gasteiger partial charge in [0.2, 0.25) is 0 Å². The Kier molecular flexibility index (Phi) is 12.0. The summed E-state index contributed by atoms with van der Waals surface area (Å²) in [4.78, 5) is 9.61. The summed E-state index contributed by atoms with van der Waals surface area (Å²) in [5.74, 6) is -41.2. The molecule has 0 saturated carbocycles. The second-order valence-electron chi connectivity index (χ2n) is 15.3. The minimum Gasteiger partial charge on any atom is -0.201 e. The molecule has 2 aliphatic carbocycles. The normalized spacial score (nSPS) is 12.6. The fourth-order valence-electron chi connectivity index (χ4n) is 8.54. The Balaban J connectivity index is 1.60. The van der Waals surface area contributed by atoms with Crippen LogP contribution in [0.3, 0.4) is 0 Å². The third-order valence-corrected chi connectivity index (χ3v) is 11.6. The summed E-state index contributed by atoms with van der Waals surface area (Å²) in [5, 5.41) is 41.1. The zero-order chi connectivity index (χ0) is 53.5. The van der Waals surface area contributed by atoms with E-state index < -0.39 is 194 Å². The third kappa shape index (κ3) is 7.30. The molecule has 0 atom stereocenters. The first-order valence-corrected chi connectivity index (χ1v) is 20.0. The van der Waals surface area contributed by atoms with Crippen molar-refractivity contribution in [3.05, 3.63) is 222 Å². The van der Waals surface area contributed by atoms with Crippen LogP contribution in [0, 0.1) is 139 Å². The molecule has 0 radical (unpaired) electrons. The standard InChI is InChI=1S/C50H10F16N8/c51-35-31(36(52)44(60)71-43(35)59)29(32-37(53)45(61)72-46(62)38(32)54)27-21-10-20-22(9-19(21)23(13-69)25(27)17-5-1-15(11-67)2-6-17)28(26(24(20)14-70)18-7-3-16(12-68)4-8-18)30(33-39(55)47(63)73-48(64)40(33)56)34-41(57)49(65)74-50(66)42(34)58/h1-10H. The first-order valence-electron chi connectivity index (χ1n) is 20.0. The van der Waals surface area contributed by atoms with Crippen LogP contribution < -0.4 is 0 Å². The highest BCUT2D eigenvalue weighted by atomic mass is 19.2. The molecule has 74 heavy (non-hydrogen) atoms. The van der Waals surface area contributed by atoms with Gasteiger partial charge in [-0.25, -0.2) is 35.1 Å². The van der Waals surface area contributed by atoms with Crippen LogP contribution in [0.15, 0.2) is 60.7 Å². The van der Waals surface area contributed by atoms with E-state index in [9.17, 15) is 21.0 Å². The lowest BCUT2D eigenvalue weighted by atomic mass is 9.83. The van der Waals surface area contributed by atoms with Gasteiger partial charge in [0.25, 0.3) is 47.6 Å². The number of benzene rings is 3. The molecule has 0 aliphatic heterocycles. The van der Waals surface area contributed by atoms with Crippen molar-refractivity contribution in [3.63, 3.8) is 0 Å². The summed E-state index contributed by atoms with van der Waals surface area (Å²) in [6, 6.07) is 15.9. The SMILES string of the molecule is N#CC1=C(c2ccc(C#N)cc2)C(=C(c2c(F)c(F)nc(F)c2F)c2c(F)c(F)nc(F)c2F)c2cc3c(cc21)C(=C(c1c(F)c(F)nc(F)c1F)c1c(F)c(F)nc(F)c1F)C(c1ccc(C#N)cc1)=C3C#N. The monoisotopic (exact) mass is 1030 g/mol. The van der Waals surface area contributed by atoms with Crippen molar-refractivity contribution < 1.29 is 70.2 Å². The van der Waals surface area contributed by atoms with Gasteiger partial charge in [0.15, 0.2) is 46.5 Å². The Bertz CT molecular complexity index is 3560. The molecule has 362 valence electrons. The molecule has 9 rings (SSSR count). The van der Waals surface area contributed by atoms with Gasteiger partial charge in [0, 0.05) is 44.6 Å². The van der Waals surface area contributed by atoms with Crippen LogP contribution in [0.1, 0.15) is 66.8 Å². The van der Waals surface area contributed by atoms with E-state index in [1.807, 2.05) is 0 Å². The maximum Gasteiger partial charge on any atom is 0.252 e. The van der Waals surface area contributed by atoms with Crippen LogP contribution in [0.25, 0.3) is 44.6 Å². The highest BCUT2D eigenvalue weighted by molar-refractivity contribution is 6.34. The van der Waals surface area contributed by atoms with Gasteiger partial charge in [0.1, 0.15) is 12.1 Å². The lowest BCUT2D eigenvalue weighted by Crippen LogP contribution is -2.13. The van der Waals surface area contributed by atoms with Gasteiger partial charge in [-0.2, -0.15) is 76.1 Å². The molecule has 0 spiro atoms. The second-order valence-corrected chi connectivity index (χ2v) is 15.3. The van der Waals surface area contributed by atoms with Crippen LogP contribution in [0.4, 0.5) is 70.2 Å². The molecule has 24 heteroatoms. The molecule has 0 amide bonds. The first-order chi connectivity index (χ1) is 35.2. The van der Waals surface area contributed by atoms with Crippen LogP contribution in [0.2, 0.25) is 0 Å². The largest absolute Gasteiger partial charge is 0.252 e. The smallest absolute Gasteiger partial charge is 0.201 e. The Morgan fingerprint density at radius 3 is 0.743 bits per heavy atom. The fourth-order valence-corrected chi connectivity index (χ4v) is 8.54. The van der Waals surface area contributed by atoms with E-state index in [-0.39, 0.29) is 11.1 Å². The molecule has 8 nitrogen and oxygen atoms in total. The van der Waals surface area contributed by atoms with Gasteiger partial charge in [-0.1, -0.05) is 24.3 Å². The van der Waals surface area contributed by atoms with E-state index in [1.54, 1.807) is 24.3 Å². The molecule has 0 fully saturated rings. The summed E-state index contributed by atoms with van der Waals surface area (Å²) in [6.45, 7) is 0. The Labute approximate surface area is 400 Å². The summed E-state index contributed by atoms with van der Waals surface area (Å²) < 4.78 is 252. The number of hydrogen-bond acceptors (Lipinski definition) is 8. The summed E-state index contributed by atoms with van der Waals surface area (Å²) >= 11 is 0. The van der Waals surface area contributed by atoms with E-state index in [0.717, 1.165) is 48.5 Å². The number of nitrogens with zero attached hydrogens (tertiary/aromatic N) is 8. The van der Waals surface area contributed by atoms with E-state index in [0.29, 0.717) is 12.1 Å². The Morgan fingerprint density at radius 1 is 0.311 bits per heavy atom. The lowest BCUT2D eigenvalue weighted by molar-refractivity contribution is 0.398. The Morgan fingerprint density at radius 2 is 0.541 bits per heavy atom. The van der Waals surface area contributed by atoms with Gasteiger partial charge < -0.3 is 0 Å². The second kappa shape index (κ2) is 18.0. The van der Waals surface area contributed by atoms with Crippen LogP contribution in [-0.2, 0) is 0 Å². The number of pyridine rings is 4. The number of allylic oxidation sites excluding steroid dienone is 6. The van der Waals surface area contributed by atoms with Gasteiger partial charge >= 0.3 is 0 Å². The molecule has 4 heterocycles. The highest BCUT2D eigenvalue weighted by Gasteiger charge is 2.43. The van der Waals surface area contributed by atoms with Gasteiger partial charge in [-0.3, -0.25) is 0 Å². The number of aromatic nitrogens is 4. The van der Waals surface area contributed by atoms with Crippen LogP contribution in [0.5, 0.6) is 0 Å². The average Bonchev–Trinajstić information content (AvgIpc) is 3.88. The van der Waals surface area contributed by atoms with Crippen molar-refractivity contribution in [1.29, 1.82) is 21.0 Å². The van der Waals surface area contributed by atoms with Crippen molar-refractivity contribution in [2.45, 2.75) is 0 Å². The molecular formula is C50H10F16N8. The van der Waals surface area contributed by atoms with Crippen molar-refractivity contribution in [3.8, 4) is 24.3 Å². The first kappa shape index (κ1) is 49.1. The van der Waals surface area contributed by atoms with E-state index >= 15 is 70.2 Å². The van der Waals surface area contributed by atoms with Crippen molar-refractivity contribution in [2.24, 2.45) is 0 Å². The molecule has 2 aliphatic rings. The van der Waals surface area contributed by atoms with Gasteiger partial charge in [-0.15, -0.1) is 0 Å². The number of hydrogen-bond donors (Lipinski definition) is 0. The zero-order valence-corrected chi connectivity index (χ0v) is 35.4. The van der Waals surface area contributed by atoms with E-state index in [2.05, 4.69) is 19.9 Å². The lowest BCUT2D eigenvalue weighted by Gasteiger charge is -2.21. The number of fused-ring (bicyclic) bond motifs is 2. The van der Waals surface area contributed by atoms with Crippen molar-refractivity contribution in [2.75, 3.05) is 0 Å². The van der Waals surface area contributed by atoms with Crippen molar-refractivity contribution >= 4 is 44.6 Å². The van der Waals surface area contributed by atoms with E-state index in [4.69, 9.17) is 0 Å². The van der Waals surface area contributed by atoms with Gasteiger partial charge in [0.05, 0.1) is 56.7 Å². The zero-order valence-electron chi connectivity index (χ0n) is 35.4. The minimum atomic E-state index is -2.60. The average molecular weight is 1030 g/mol. The molecule has 3 aromatic carbocycles. The number of halogens is 16. The molecule has 0 saturated heterocycles. The van der Waals surface area contributed by atoms with Crippen molar-refractivity contribution in [1.82, 2.24) is 19.9 Å². The predicted molar refractivity (Wildman–Crippen MR) is 222 cm³/mol. The maximum absolute atomic E-state index is 16.3. The highest BCUT2D eigenvalue weighted by Crippen LogP contribution is 2.58. The molecule has 4 aromatic heterocycles. The third-order valence-electron chi connectivity index (χ3n) is 11.6. The number of rotatable bonds is 6. The van der Waals surface area contributed by atoms with Gasteiger partial charge in [-0.05, 0) is 58.7 Å². The summed E-state index contributed by atoms with van der Waals surface area (Å²) in [7, 11) is 0. The van der Waals surface area contributed by atoms with E-state index in [1.165, 1.54) is 0 Å². The molecule has 7 aromatic rings. The minimum absolute atomic E-state index is 0.160. The predicted octanol–water partition coefficient (Wildman–Crippen LogP) is 12.0. The molecule has 0 N–H and O–H groups in total. The van der Waals surface area contributed by atoms with Crippen LogP contribution in [-0.4, -0.2) is 19.9 Å². The maximum atomic E-state index is 16.3. The quantitative estimate of drug-likeness (QED) is 0.118. The van der Waals surface area contributed by atoms with Crippen LogP contribution >= 0.6 is 0 Å². The molecule has 0 bridgehead atoms. The molecular weight excluding hydrogens is 1020 g/mol. The molecule has 0 unspecified atom stereocenters. The summed E-state index contributed by atoms with van der Waals surface area (Å²) in [5.41, 5.74) is -23.0. The number of nitriles is 4. The topological polar surface area (TPSA) is 147 Å².